The molecule has 0 aromatic heterocycles. The molecule has 1 rings (SSSR count). The Balaban J connectivity index is 2.22. The van der Waals surface area contributed by atoms with E-state index in [4.69, 9.17) is 5.84 Å². The maximum absolute atomic E-state index is 13.1. The third kappa shape index (κ3) is 5.44. The highest BCUT2D eigenvalue weighted by atomic mass is 19.3. The zero-order valence-corrected chi connectivity index (χ0v) is 11.1. The fraction of sp³-hybridized carbons (Fsp3) is 0.857. The van der Waals surface area contributed by atoms with Crippen LogP contribution in [0.1, 0.15) is 57.8 Å². The molecule has 106 valence electrons. The third-order valence-corrected chi connectivity index (χ3v) is 3.97. The minimum Gasteiger partial charge on any atom is -0.271 e. The summed E-state index contributed by atoms with van der Waals surface area (Å²) in [5.41, 5.74) is 2.82. The van der Waals surface area contributed by atoms with Crippen molar-refractivity contribution in [2.45, 2.75) is 69.8 Å². The largest absolute Gasteiger partial charge is 0.271 e. The first kappa shape index (κ1) is 15.6. The van der Waals surface area contributed by atoms with Crippen molar-refractivity contribution in [3.05, 3.63) is 12.7 Å². The Bertz CT molecular complexity index is 234. The van der Waals surface area contributed by atoms with E-state index in [1.54, 1.807) is 0 Å². The SMILES string of the molecule is C=CCCCCCC(NN)C1CCC(F)(F)CC1. The highest BCUT2D eigenvalue weighted by molar-refractivity contribution is 4.84. The molecule has 2 nitrogen and oxygen atoms in total. The standard InChI is InChI=1S/C14H26F2N2/c1-2-3-4-5-6-7-13(18-17)12-8-10-14(15,16)11-9-12/h2,12-13,18H,1,3-11,17H2. The molecule has 1 aliphatic rings. The molecule has 1 saturated carbocycles. The molecule has 0 aromatic rings. The van der Waals surface area contributed by atoms with Gasteiger partial charge in [-0.05, 0) is 38.0 Å². The van der Waals surface area contributed by atoms with E-state index in [1.165, 1.54) is 0 Å². The first-order chi connectivity index (χ1) is 8.59. The van der Waals surface area contributed by atoms with Crippen molar-refractivity contribution in [1.29, 1.82) is 0 Å². The maximum atomic E-state index is 13.1. The number of nitrogens with two attached hydrogens (primary N) is 1. The molecule has 0 aromatic carbocycles. The van der Waals surface area contributed by atoms with Crippen molar-refractivity contribution in [2.24, 2.45) is 11.8 Å². The Morgan fingerprint density at radius 3 is 2.50 bits per heavy atom. The number of alkyl halides is 2. The number of hydrogen-bond donors (Lipinski definition) is 2. The molecule has 18 heavy (non-hydrogen) atoms. The summed E-state index contributed by atoms with van der Waals surface area (Å²) in [6, 6.07) is 0.199. The molecule has 1 atom stereocenters. The van der Waals surface area contributed by atoms with Crippen LogP contribution in [-0.4, -0.2) is 12.0 Å². The van der Waals surface area contributed by atoms with E-state index < -0.39 is 5.92 Å². The lowest BCUT2D eigenvalue weighted by atomic mass is 9.80. The van der Waals surface area contributed by atoms with Crippen LogP contribution in [0.5, 0.6) is 0 Å². The van der Waals surface area contributed by atoms with Crippen LogP contribution in [-0.2, 0) is 0 Å². The van der Waals surface area contributed by atoms with E-state index in [-0.39, 0.29) is 18.9 Å². The minimum atomic E-state index is -2.44. The van der Waals surface area contributed by atoms with Gasteiger partial charge < -0.3 is 0 Å². The molecule has 0 aliphatic heterocycles. The van der Waals surface area contributed by atoms with E-state index in [0.29, 0.717) is 18.8 Å². The fourth-order valence-corrected chi connectivity index (χ4v) is 2.75. The van der Waals surface area contributed by atoms with Crippen LogP contribution < -0.4 is 11.3 Å². The first-order valence-corrected chi connectivity index (χ1v) is 7.04. The van der Waals surface area contributed by atoms with Crippen LogP contribution in [0.4, 0.5) is 8.78 Å². The van der Waals surface area contributed by atoms with Gasteiger partial charge in [-0.25, -0.2) is 8.78 Å². The molecule has 0 saturated heterocycles. The molecule has 0 heterocycles. The van der Waals surface area contributed by atoms with Crippen LogP contribution in [0.3, 0.4) is 0 Å². The molecular weight excluding hydrogens is 234 g/mol. The van der Waals surface area contributed by atoms with Gasteiger partial charge in [0.1, 0.15) is 0 Å². The van der Waals surface area contributed by atoms with Crippen LogP contribution >= 0.6 is 0 Å². The first-order valence-electron chi connectivity index (χ1n) is 7.04. The van der Waals surface area contributed by atoms with Crippen LogP contribution in [0.25, 0.3) is 0 Å². The predicted molar refractivity (Wildman–Crippen MR) is 71.3 cm³/mol. The van der Waals surface area contributed by atoms with Crippen molar-refractivity contribution >= 4 is 0 Å². The quantitative estimate of drug-likeness (QED) is 0.302. The summed E-state index contributed by atoms with van der Waals surface area (Å²) in [6.07, 6.45) is 8.62. The van der Waals surface area contributed by atoms with Crippen LogP contribution in [0.15, 0.2) is 12.7 Å². The van der Waals surface area contributed by atoms with Crippen molar-refractivity contribution in [2.75, 3.05) is 0 Å². The van der Waals surface area contributed by atoms with E-state index in [9.17, 15) is 8.78 Å². The molecule has 4 heteroatoms. The number of hydrazine groups is 1. The molecule has 1 fully saturated rings. The molecule has 0 radical (unpaired) electrons. The average molecular weight is 260 g/mol. The Kier molecular flexibility index (Phi) is 6.79. The summed E-state index contributed by atoms with van der Waals surface area (Å²) in [4.78, 5) is 0. The normalized spacial score (nSPS) is 21.7. The maximum Gasteiger partial charge on any atom is 0.248 e. The van der Waals surface area contributed by atoms with Crippen molar-refractivity contribution < 1.29 is 8.78 Å². The molecule has 3 N–H and O–H groups in total. The summed E-state index contributed by atoms with van der Waals surface area (Å²) >= 11 is 0. The Labute approximate surface area is 109 Å². The zero-order chi connectivity index (χ0) is 13.4. The van der Waals surface area contributed by atoms with E-state index in [0.717, 1.165) is 32.1 Å². The second-order valence-electron chi connectivity index (χ2n) is 5.39. The predicted octanol–water partition coefficient (Wildman–Crippen LogP) is 3.78. The molecule has 1 unspecified atom stereocenters. The minimum absolute atomic E-state index is 0.0201. The lowest BCUT2D eigenvalue weighted by molar-refractivity contribution is -0.0499. The average Bonchev–Trinajstić information content (AvgIpc) is 2.35. The smallest absolute Gasteiger partial charge is 0.248 e. The van der Waals surface area contributed by atoms with Gasteiger partial charge in [-0.3, -0.25) is 11.3 Å². The van der Waals surface area contributed by atoms with Crippen molar-refractivity contribution in [3.8, 4) is 0 Å². The van der Waals surface area contributed by atoms with E-state index in [1.807, 2.05) is 6.08 Å². The highest BCUT2D eigenvalue weighted by Crippen LogP contribution is 2.38. The Hall–Kier alpha value is -0.480. The van der Waals surface area contributed by atoms with Gasteiger partial charge in [0, 0.05) is 18.9 Å². The number of halogens is 2. The van der Waals surface area contributed by atoms with Gasteiger partial charge in [0.2, 0.25) is 5.92 Å². The van der Waals surface area contributed by atoms with E-state index >= 15 is 0 Å². The van der Waals surface area contributed by atoms with Gasteiger partial charge in [-0.15, -0.1) is 6.58 Å². The summed E-state index contributed by atoms with van der Waals surface area (Å²) in [5, 5.41) is 0. The van der Waals surface area contributed by atoms with Gasteiger partial charge >= 0.3 is 0 Å². The van der Waals surface area contributed by atoms with Crippen molar-refractivity contribution in [3.63, 3.8) is 0 Å². The zero-order valence-electron chi connectivity index (χ0n) is 11.1. The molecule has 0 spiro atoms. The Morgan fingerprint density at radius 2 is 1.94 bits per heavy atom. The van der Waals surface area contributed by atoms with Crippen LogP contribution in [0, 0.1) is 5.92 Å². The van der Waals surface area contributed by atoms with Gasteiger partial charge in [-0.1, -0.05) is 18.9 Å². The van der Waals surface area contributed by atoms with Gasteiger partial charge in [0.25, 0.3) is 0 Å². The topological polar surface area (TPSA) is 38.0 Å². The Morgan fingerprint density at radius 1 is 1.28 bits per heavy atom. The fourth-order valence-electron chi connectivity index (χ4n) is 2.75. The van der Waals surface area contributed by atoms with Gasteiger partial charge in [0.15, 0.2) is 0 Å². The number of allylic oxidation sites excluding steroid dienone is 1. The molecule has 1 aliphatic carbocycles. The number of nitrogens with one attached hydrogen (secondary N) is 1. The molecule has 0 bridgehead atoms. The van der Waals surface area contributed by atoms with Crippen molar-refractivity contribution in [1.82, 2.24) is 5.43 Å². The summed E-state index contributed by atoms with van der Waals surface area (Å²) < 4.78 is 26.2. The lowest BCUT2D eigenvalue weighted by Crippen LogP contribution is -2.43. The van der Waals surface area contributed by atoms with Crippen LogP contribution in [0.2, 0.25) is 0 Å². The summed E-state index contributed by atoms with van der Waals surface area (Å²) in [7, 11) is 0. The number of rotatable bonds is 8. The molecular formula is C14H26F2N2. The molecule has 0 amide bonds. The second-order valence-corrected chi connectivity index (χ2v) is 5.39. The highest BCUT2D eigenvalue weighted by Gasteiger charge is 2.37. The van der Waals surface area contributed by atoms with Gasteiger partial charge in [-0.2, -0.15) is 0 Å². The number of hydrogen-bond acceptors (Lipinski definition) is 2. The summed E-state index contributed by atoms with van der Waals surface area (Å²) in [5.74, 6) is 3.43. The third-order valence-electron chi connectivity index (χ3n) is 3.97. The lowest BCUT2D eigenvalue weighted by Gasteiger charge is -2.33. The van der Waals surface area contributed by atoms with E-state index in [2.05, 4.69) is 12.0 Å². The van der Waals surface area contributed by atoms with Gasteiger partial charge in [0.05, 0.1) is 0 Å². The number of unbranched alkanes of at least 4 members (excludes halogenated alkanes) is 3. The monoisotopic (exact) mass is 260 g/mol. The second kappa shape index (κ2) is 7.85. The summed E-state index contributed by atoms with van der Waals surface area (Å²) in [6.45, 7) is 3.69.